The molecule has 0 aliphatic carbocycles. The second-order valence-corrected chi connectivity index (χ2v) is 3.25. The first kappa shape index (κ1) is 10.7. The van der Waals surface area contributed by atoms with E-state index in [2.05, 4.69) is 11.9 Å². The van der Waals surface area contributed by atoms with Gasteiger partial charge in [-0.25, -0.2) is 8.78 Å². The molecule has 1 aromatic rings. The Morgan fingerprint density at radius 3 is 2.57 bits per heavy atom. The molecule has 0 bridgehead atoms. The van der Waals surface area contributed by atoms with Gasteiger partial charge in [0.25, 0.3) is 0 Å². The molecule has 1 N–H and O–H groups in total. The molecule has 1 aromatic carbocycles. The molecule has 0 spiro atoms. The zero-order valence-electron chi connectivity index (χ0n) is 8.27. The van der Waals surface area contributed by atoms with Crippen molar-refractivity contribution in [3.05, 3.63) is 42.0 Å². The third kappa shape index (κ3) is 2.31. The first-order chi connectivity index (χ1) is 6.54. The number of nitrogens with one attached hydrogen (secondary N) is 1. The topological polar surface area (TPSA) is 12.0 Å². The Kier molecular flexibility index (Phi) is 3.23. The fraction of sp³-hybridized carbons (Fsp3) is 0.273. The summed E-state index contributed by atoms with van der Waals surface area (Å²) >= 11 is 0. The van der Waals surface area contributed by atoms with Crippen LogP contribution >= 0.6 is 0 Å². The monoisotopic (exact) mass is 197 g/mol. The lowest BCUT2D eigenvalue weighted by Crippen LogP contribution is -2.12. The molecule has 0 aliphatic rings. The van der Waals surface area contributed by atoms with Crippen LogP contribution in [0.1, 0.15) is 12.5 Å². The van der Waals surface area contributed by atoms with Crippen LogP contribution in [-0.2, 0) is 0 Å². The summed E-state index contributed by atoms with van der Waals surface area (Å²) in [5, 5.41) is 2.79. The minimum absolute atomic E-state index is 0.0911. The molecule has 1 unspecified atom stereocenters. The number of aryl methyl sites for hydroxylation is 1. The van der Waals surface area contributed by atoms with Gasteiger partial charge in [0, 0.05) is 12.1 Å². The van der Waals surface area contributed by atoms with Gasteiger partial charge in [-0.15, -0.1) is 6.58 Å². The van der Waals surface area contributed by atoms with Crippen LogP contribution in [0.15, 0.2) is 24.8 Å². The number of anilines is 1. The minimum Gasteiger partial charge on any atom is -0.377 e. The summed E-state index contributed by atoms with van der Waals surface area (Å²) in [7, 11) is 0. The van der Waals surface area contributed by atoms with Crippen LogP contribution in [0.5, 0.6) is 0 Å². The number of rotatable bonds is 3. The van der Waals surface area contributed by atoms with Crippen LogP contribution in [0, 0.1) is 18.6 Å². The van der Waals surface area contributed by atoms with Crippen molar-refractivity contribution in [2.75, 3.05) is 5.32 Å². The van der Waals surface area contributed by atoms with Crippen molar-refractivity contribution in [2.45, 2.75) is 19.9 Å². The Morgan fingerprint density at radius 2 is 2.00 bits per heavy atom. The molecule has 0 aromatic heterocycles. The summed E-state index contributed by atoms with van der Waals surface area (Å²) in [6.45, 7) is 6.88. The Labute approximate surface area is 82.4 Å². The van der Waals surface area contributed by atoms with Crippen molar-refractivity contribution in [1.82, 2.24) is 0 Å². The van der Waals surface area contributed by atoms with Crippen molar-refractivity contribution in [2.24, 2.45) is 0 Å². The van der Waals surface area contributed by atoms with Gasteiger partial charge in [-0.05, 0) is 25.5 Å². The zero-order chi connectivity index (χ0) is 10.7. The molecule has 76 valence electrons. The maximum absolute atomic E-state index is 13.3. The standard InChI is InChI=1S/C11H13F2N/c1-4-8(3)14-11-6-9(12)7(2)5-10(11)13/h4-6,8,14H,1H2,2-3H3. The molecule has 3 heteroatoms. The van der Waals surface area contributed by atoms with E-state index in [4.69, 9.17) is 0 Å². The first-order valence-corrected chi connectivity index (χ1v) is 4.39. The summed E-state index contributed by atoms with van der Waals surface area (Å²) in [5.41, 5.74) is 0.472. The van der Waals surface area contributed by atoms with E-state index in [1.54, 1.807) is 6.08 Å². The van der Waals surface area contributed by atoms with Crippen molar-refractivity contribution < 1.29 is 8.78 Å². The van der Waals surface area contributed by atoms with Gasteiger partial charge in [-0.2, -0.15) is 0 Å². The van der Waals surface area contributed by atoms with Crippen molar-refractivity contribution >= 4 is 5.69 Å². The van der Waals surface area contributed by atoms with E-state index in [0.29, 0.717) is 5.56 Å². The van der Waals surface area contributed by atoms with Gasteiger partial charge in [0.05, 0.1) is 5.69 Å². The average molecular weight is 197 g/mol. The van der Waals surface area contributed by atoms with Crippen molar-refractivity contribution in [3.8, 4) is 0 Å². The predicted octanol–water partition coefficient (Wildman–Crippen LogP) is 3.26. The van der Waals surface area contributed by atoms with Crippen LogP contribution in [0.25, 0.3) is 0 Å². The zero-order valence-corrected chi connectivity index (χ0v) is 8.27. The second-order valence-electron chi connectivity index (χ2n) is 3.25. The Hall–Kier alpha value is -1.38. The van der Waals surface area contributed by atoms with Gasteiger partial charge >= 0.3 is 0 Å². The molecule has 0 fully saturated rings. The van der Waals surface area contributed by atoms with Crippen LogP contribution in [0.3, 0.4) is 0 Å². The minimum atomic E-state index is -0.447. The largest absolute Gasteiger partial charge is 0.377 e. The molecular weight excluding hydrogens is 184 g/mol. The van der Waals surface area contributed by atoms with E-state index in [0.717, 1.165) is 6.07 Å². The predicted molar refractivity (Wildman–Crippen MR) is 54.4 cm³/mol. The van der Waals surface area contributed by atoms with Crippen molar-refractivity contribution in [1.29, 1.82) is 0 Å². The second kappa shape index (κ2) is 4.22. The molecule has 1 rings (SSSR count). The summed E-state index contributed by atoms with van der Waals surface area (Å²) < 4.78 is 26.3. The summed E-state index contributed by atoms with van der Waals surface area (Å²) in [5.74, 6) is -0.859. The van der Waals surface area contributed by atoms with Gasteiger partial charge in [-0.3, -0.25) is 0 Å². The maximum atomic E-state index is 13.3. The summed E-state index contributed by atoms with van der Waals surface area (Å²) in [6, 6.07) is 2.24. The SMILES string of the molecule is C=CC(C)Nc1cc(F)c(C)cc1F. The maximum Gasteiger partial charge on any atom is 0.146 e. The lowest BCUT2D eigenvalue weighted by molar-refractivity contribution is 0.594. The van der Waals surface area contributed by atoms with E-state index < -0.39 is 11.6 Å². The van der Waals surface area contributed by atoms with E-state index in [-0.39, 0.29) is 11.7 Å². The fourth-order valence-corrected chi connectivity index (χ4v) is 1.06. The van der Waals surface area contributed by atoms with Gasteiger partial charge in [0.15, 0.2) is 0 Å². The van der Waals surface area contributed by atoms with Gasteiger partial charge in [-0.1, -0.05) is 6.08 Å². The highest BCUT2D eigenvalue weighted by Gasteiger charge is 2.07. The van der Waals surface area contributed by atoms with Crippen LogP contribution in [0.4, 0.5) is 14.5 Å². The number of benzene rings is 1. The third-order valence-corrected chi connectivity index (χ3v) is 1.99. The van der Waals surface area contributed by atoms with Crippen molar-refractivity contribution in [3.63, 3.8) is 0 Å². The van der Waals surface area contributed by atoms with E-state index in [9.17, 15) is 8.78 Å². The van der Waals surface area contributed by atoms with Gasteiger partial charge in [0.2, 0.25) is 0 Å². The smallest absolute Gasteiger partial charge is 0.146 e. The molecule has 1 atom stereocenters. The molecule has 0 aliphatic heterocycles. The number of hydrogen-bond donors (Lipinski definition) is 1. The molecule has 1 nitrogen and oxygen atoms in total. The molecule has 14 heavy (non-hydrogen) atoms. The summed E-state index contributed by atoms with van der Waals surface area (Å²) in [6.07, 6.45) is 1.62. The molecule has 0 heterocycles. The number of halogens is 2. The molecule has 0 saturated carbocycles. The lowest BCUT2D eigenvalue weighted by atomic mass is 10.2. The van der Waals surface area contributed by atoms with Gasteiger partial charge in [0.1, 0.15) is 11.6 Å². The van der Waals surface area contributed by atoms with Crippen LogP contribution in [0.2, 0.25) is 0 Å². The van der Waals surface area contributed by atoms with Crippen LogP contribution < -0.4 is 5.32 Å². The number of hydrogen-bond acceptors (Lipinski definition) is 1. The normalized spacial score (nSPS) is 12.3. The highest BCUT2D eigenvalue weighted by atomic mass is 19.1. The molecular formula is C11H13F2N. The van der Waals surface area contributed by atoms with Crippen LogP contribution in [-0.4, -0.2) is 6.04 Å². The molecule has 0 radical (unpaired) electrons. The third-order valence-electron chi connectivity index (χ3n) is 1.99. The highest BCUT2D eigenvalue weighted by molar-refractivity contribution is 5.48. The average Bonchev–Trinajstić information content (AvgIpc) is 2.14. The first-order valence-electron chi connectivity index (χ1n) is 4.39. The van der Waals surface area contributed by atoms with E-state index >= 15 is 0 Å². The Balaban J connectivity index is 2.97. The quantitative estimate of drug-likeness (QED) is 0.733. The Bertz CT molecular complexity index is 347. The van der Waals surface area contributed by atoms with E-state index in [1.165, 1.54) is 13.0 Å². The lowest BCUT2D eigenvalue weighted by Gasteiger charge is -2.12. The molecule has 0 amide bonds. The highest BCUT2D eigenvalue weighted by Crippen LogP contribution is 2.19. The van der Waals surface area contributed by atoms with Gasteiger partial charge < -0.3 is 5.32 Å². The Morgan fingerprint density at radius 1 is 1.36 bits per heavy atom. The summed E-state index contributed by atoms with van der Waals surface area (Å²) in [4.78, 5) is 0. The fourth-order valence-electron chi connectivity index (χ4n) is 1.06. The molecule has 0 saturated heterocycles. The van der Waals surface area contributed by atoms with E-state index in [1.807, 2.05) is 6.92 Å².